The Bertz CT molecular complexity index is 872. The van der Waals surface area contributed by atoms with Gasteiger partial charge in [-0.3, -0.25) is 9.79 Å². The van der Waals surface area contributed by atoms with Gasteiger partial charge in [-0.25, -0.2) is 0 Å². The molecule has 0 radical (unpaired) electrons. The van der Waals surface area contributed by atoms with E-state index in [-0.39, 0.29) is 5.91 Å². The number of piperidine rings is 1. The van der Waals surface area contributed by atoms with Crippen LogP contribution in [0.15, 0.2) is 51.2 Å². The summed E-state index contributed by atoms with van der Waals surface area (Å²) in [6.45, 7) is 3.71. The van der Waals surface area contributed by atoms with Crippen LogP contribution in [0.5, 0.6) is 0 Å². The molecular formula is C20H19ClN2OS. The third kappa shape index (κ3) is 3.33. The van der Waals surface area contributed by atoms with Crippen molar-refractivity contribution in [1.82, 2.24) is 4.90 Å². The highest BCUT2D eigenvalue weighted by atomic mass is 35.5. The van der Waals surface area contributed by atoms with Crippen LogP contribution in [-0.4, -0.2) is 29.6 Å². The number of carbonyl (C=O) groups excluding carboxylic acids is 1. The van der Waals surface area contributed by atoms with Crippen molar-refractivity contribution >= 4 is 40.7 Å². The molecule has 3 nitrogen and oxygen atoms in total. The fourth-order valence-corrected chi connectivity index (χ4v) is 4.54. The number of hydrogen-bond donors (Lipinski definition) is 0. The summed E-state index contributed by atoms with van der Waals surface area (Å²) in [7, 11) is 0. The number of nitrogens with zero attached hydrogens (tertiary/aromatic N) is 2. The van der Waals surface area contributed by atoms with Gasteiger partial charge in [0.05, 0.1) is 5.69 Å². The van der Waals surface area contributed by atoms with Crippen LogP contribution in [0.1, 0.15) is 42.1 Å². The molecule has 0 atom stereocenters. The van der Waals surface area contributed by atoms with E-state index >= 15 is 0 Å². The monoisotopic (exact) mass is 370 g/mol. The fraction of sp³-hybridized carbons (Fsp3) is 0.300. The zero-order chi connectivity index (χ0) is 17.4. The molecule has 0 aromatic heterocycles. The van der Waals surface area contributed by atoms with Gasteiger partial charge in [0, 0.05) is 44.7 Å². The summed E-state index contributed by atoms with van der Waals surface area (Å²) in [5.74, 6) is 0.116. The van der Waals surface area contributed by atoms with E-state index in [1.54, 1.807) is 11.8 Å². The quantitative estimate of drug-likeness (QED) is 0.657. The first-order valence-electron chi connectivity index (χ1n) is 8.58. The lowest BCUT2D eigenvalue weighted by Crippen LogP contribution is -2.35. The molecule has 0 bridgehead atoms. The number of rotatable bonds is 1. The first kappa shape index (κ1) is 16.7. The third-order valence-electron chi connectivity index (χ3n) is 4.69. The summed E-state index contributed by atoms with van der Waals surface area (Å²) in [6.07, 6.45) is 3.41. The molecule has 4 rings (SSSR count). The highest BCUT2D eigenvalue weighted by Gasteiger charge is 2.21. The van der Waals surface area contributed by atoms with Gasteiger partial charge in [0.1, 0.15) is 0 Å². The molecule has 2 aromatic rings. The van der Waals surface area contributed by atoms with Gasteiger partial charge in [-0.2, -0.15) is 0 Å². The number of halogens is 1. The van der Waals surface area contributed by atoms with Gasteiger partial charge >= 0.3 is 0 Å². The maximum atomic E-state index is 12.8. The Kier molecular flexibility index (Phi) is 4.57. The first-order valence-corrected chi connectivity index (χ1v) is 9.78. The van der Waals surface area contributed by atoms with Crippen LogP contribution in [-0.2, 0) is 0 Å². The van der Waals surface area contributed by atoms with Crippen molar-refractivity contribution in [3.63, 3.8) is 0 Å². The molecule has 2 aliphatic rings. The fourth-order valence-electron chi connectivity index (χ4n) is 3.34. The Balaban J connectivity index is 1.70. The molecule has 1 saturated heterocycles. The second-order valence-corrected chi connectivity index (χ2v) is 8.00. The topological polar surface area (TPSA) is 32.7 Å². The molecule has 1 fully saturated rings. The number of carbonyl (C=O) groups is 1. The van der Waals surface area contributed by atoms with Crippen LogP contribution in [0.4, 0.5) is 5.69 Å². The van der Waals surface area contributed by atoms with Crippen LogP contribution in [0.3, 0.4) is 0 Å². The lowest BCUT2D eigenvalue weighted by atomic mass is 10.1. The second-order valence-electron chi connectivity index (χ2n) is 6.48. The van der Waals surface area contributed by atoms with Gasteiger partial charge < -0.3 is 4.90 Å². The summed E-state index contributed by atoms with van der Waals surface area (Å²) in [5, 5.41) is 0.709. The SMILES string of the molecule is CC1=Nc2cc(C(=O)N3CCCCC3)ccc2Sc2ccc(Cl)cc21. The van der Waals surface area contributed by atoms with Crippen LogP contribution >= 0.6 is 23.4 Å². The number of benzene rings is 2. The lowest BCUT2D eigenvalue weighted by Gasteiger charge is -2.26. The van der Waals surface area contributed by atoms with E-state index in [9.17, 15) is 4.79 Å². The van der Waals surface area contributed by atoms with E-state index in [2.05, 4.69) is 0 Å². The molecule has 0 aliphatic carbocycles. The van der Waals surface area contributed by atoms with Crippen molar-refractivity contribution in [2.24, 2.45) is 4.99 Å². The van der Waals surface area contributed by atoms with Crippen molar-refractivity contribution in [3.05, 3.63) is 52.5 Å². The zero-order valence-corrected chi connectivity index (χ0v) is 15.7. The minimum atomic E-state index is 0.116. The molecule has 0 unspecified atom stereocenters. The largest absolute Gasteiger partial charge is 0.339 e. The summed E-state index contributed by atoms with van der Waals surface area (Å²) >= 11 is 7.82. The minimum Gasteiger partial charge on any atom is -0.339 e. The minimum absolute atomic E-state index is 0.116. The second kappa shape index (κ2) is 6.85. The average Bonchev–Trinajstić information content (AvgIpc) is 2.77. The normalized spacial score (nSPS) is 16.6. The molecule has 5 heteroatoms. The van der Waals surface area contributed by atoms with Crippen LogP contribution in [0.2, 0.25) is 5.02 Å². The Hall–Kier alpha value is -1.78. The van der Waals surface area contributed by atoms with Gasteiger partial charge in [-0.1, -0.05) is 23.4 Å². The van der Waals surface area contributed by atoms with Crippen molar-refractivity contribution in [2.75, 3.05) is 13.1 Å². The Labute approximate surface area is 157 Å². The van der Waals surface area contributed by atoms with E-state index in [1.165, 1.54) is 6.42 Å². The van der Waals surface area contributed by atoms with Gasteiger partial charge in [0.2, 0.25) is 0 Å². The molecule has 2 aliphatic heterocycles. The number of amides is 1. The number of aliphatic imine (C=N–C) groups is 1. The van der Waals surface area contributed by atoms with Crippen molar-refractivity contribution in [3.8, 4) is 0 Å². The molecule has 1 amide bonds. The lowest BCUT2D eigenvalue weighted by molar-refractivity contribution is 0.0724. The van der Waals surface area contributed by atoms with E-state index in [0.717, 1.165) is 58.2 Å². The van der Waals surface area contributed by atoms with Crippen LogP contribution in [0, 0.1) is 0 Å². The van der Waals surface area contributed by atoms with Gasteiger partial charge in [0.15, 0.2) is 0 Å². The summed E-state index contributed by atoms with van der Waals surface area (Å²) in [4.78, 5) is 21.7. The molecule has 25 heavy (non-hydrogen) atoms. The number of fused-ring (bicyclic) bond motifs is 2. The maximum absolute atomic E-state index is 12.8. The predicted octanol–water partition coefficient (Wildman–Crippen LogP) is 5.57. The highest BCUT2D eigenvalue weighted by molar-refractivity contribution is 7.99. The number of likely N-dealkylation sites (tertiary alicyclic amines) is 1. The summed E-state index contributed by atoms with van der Waals surface area (Å²) in [5.41, 5.74) is 3.56. The standard InChI is InChI=1S/C20H19ClN2OS/c1-13-16-12-15(21)6-8-18(16)25-19-7-5-14(11-17(19)22-13)20(24)23-9-3-2-4-10-23/h5-8,11-12H,2-4,9-10H2,1H3. The van der Waals surface area contributed by atoms with Gasteiger partial charge in [-0.05, 0) is 62.6 Å². The summed E-state index contributed by atoms with van der Waals surface area (Å²) in [6, 6.07) is 11.8. The van der Waals surface area contributed by atoms with Gasteiger partial charge in [0.25, 0.3) is 5.91 Å². The summed E-state index contributed by atoms with van der Waals surface area (Å²) < 4.78 is 0. The maximum Gasteiger partial charge on any atom is 0.253 e. The smallest absolute Gasteiger partial charge is 0.253 e. The van der Waals surface area contributed by atoms with E-state index in [0.29, 0.717) is 5.02 Å². The van der Waals surface area contributed by atoms with Crippen LogP contribution in [0.25, 0.3) is 0 Å². The molecule has 128 valence electrons. The first-order chi connectivity index (χ1) is 12.1. The zero-order valence-electron chi connectivity index (χ0n) is 14.1. The van der Waals surface area contributed by atoms with E-state index < -0.39 is 0 Å². The molecular weight excluding hydrogens is 352 g/mol. The van der Waals surface area contributed by atoms with E-state index in [4.69, 9.17) is 16.6 Å². The van der Waals surface area contributed by atoms with Crippen molar-refractivity contribution < 1.29 is 4.79 Å². The van der Waals surface area contributed by atoms with Crippen molar-refractivity contribution in [2.45, 2.75) is 36.0 Å². The van der Waals surface area contributed by atoms with Crippen molar-refractivity contribution in [1.29, 1.82) is 0 Å². The average molecular weight is 371 g/mol. The Morgan fingerprint density at radius 1 is 1.08 bits per heavy atom. The molecule has 0 saturated carbocycles. The Morgan fingerprint density at radius 2 is 1.84 bits per heavy atom. The molecule has 0 N–H and O–H groups in total. The third-order valence-corrected chi connectivity index (χ3v) is 6.06. The molecule has 2 aromatic carbocycles. The Morgan fingerprint density at radius 3 is 2.64 bits per heavy atom. The van der Waals surface area contributed by atoms with Gasteiger partial charge in [-0.15, -0.1) is 0 Å². The molecule has 2 heterocycles. The van der Waals surface area contributed by atoms with E-state index in [1.807, 2.05) is 48.2 Å². The molecule has 0 spiro atoms. The number of hydrogen-bond acceptors (Lipinski definition) is 3. The van der Waals surface area contributed by atoms with Crippen LogP contribution < -0.4 is 0 Å². The highest BCUT2D eigenvalue weighted by Crippen LogP contribution is 2.41. The predicted molar refractivity (Wildman–Crippen MR) is 104 cm³/mol.